The molecule has 0 saturated heterocycles. The van der Waals surface area contributed by atoms with Gasteiger partial charge in [-0.25, -0.2) is 0 Å². The van der Waals surface area contributed by atoms with Gasteiger partial charge in [0.15, 0.2) is 0 Å². The number of rotatable bonds is 2. The third kappa shape index (κ3) is 0.701. The second-order valence-electron chi connectivity index (χ2n) is 6.59. The number of carbonyl (C=O) groups is 2. The Morgan fingerprint density at radius 3 is 1.29 bits per heavy atom. The second kappa shape index (κ2) is 3.03. The normalized spacial score (nSPS) is 67.3. The van der Waals surface area contributed by atoms with E-state index in [1.54, 1.807) is 0 Å². The molecule has 0 heterocycles. The highest BCUT2D eigenvalue weighted by Gasteiger charge is 3.12. The van der Waals surface area contributed by atoms with Crippen LogP contribution in [0.5, 0.6) is 0 Å². The van der Waals surface area contributed by atoms with Crippen LogP contribution in [0, 0.1) is 23.7 Å². The van der Waals surface area contributed by atoms with E-state index in [9.17, 15) is 9.59 Å². The minimum Gasteiger partial charge on any atom is -0.350 e. The van der Waals surface area contributed by atoms with Crippen LogP contribution in [0.4, 0.5) is 0 Å². The highest BCUT2D eigenvalue weighted by molar-refractivity contribution is 6.56. The summed E-state index contributed by atoms with van der Waals surface area (Å²) in [5.41, 5.74) is 0. The lowest BCUT2D eigenvalue weighted by Crippen LogP contribution is -2.73. The molecule has 0 unspecified atom stereocenters. The molecule has 0 radical (unpaired) electrons. The van der Waals surface area contributed by atoms with Gasteiger partial charge in [0.1, 0.15) is 31.1 Å². The fraction of sp³-hybridized carbons (Fsp3) is 0.846. The van der Waals surface area contributed by atoms with Gasteiger partial charge in [0.05, 0.1) is 23.7 Å². The number of methoxy groups -OCH3 is 2. The van der Waals surface area contributed by atoms with Gasteiger partial charge < -0.3 is 9.47 Å². The van der Waals surface area contributed by atoms with Gasteiger partial charge in [-0.2, -0.15) is 0 Å². The molecule has 4 nitrogen and oxygen atoms in total. The lowest BCUT2D eigenvalue weighted by Gasteiger charge is -2.57. The molecule has 0 aromatic carbocycles. The van der Waals surface area contributed by atoms with Crippen LogP contribution in [0.1, 0.15) is 0 Å². The monoisotopic (exact) mass is 370 g/mol. The summed E-state index contributed by atoms with van der Waals surface area (Å²) >= 11 is 27.4. The van der Waals surface area contributed by atoms with Crippen molar-refractivity contribution in [2.24, 2.45) is 23.7 Å². The number of hydrogen-bond acceptors (Lipinski definition) is 4. The van der Waals surface area contributed by atoms with Crippen LogP contribution < -0.4 is 0 Å². The van der Waals surface area contributed by atoms with Crippen molar-refractivity contribution in [3.05, 3.63) is 0 Å². The lowest BCUT2D eigenvalue weighted by atomic mass is 9.57. The third-order valence-electron chi connectivity index (χ3n) is 6.73. The van der Waals surface area contributed by atoms with Gasteiger partial charge >= 0.3 is 0 Å². The maximum atomic E-state index is 12.7. The average Bonchev–Trinajstić information content (AvgIpc) is 2.73. The van der Waals surface area contributed by atoms with Crippen molar-refractivity contribution in [1.29, 1.82) is 0 Å². The van der Waals surface area contributed by atoms with Crippen molar-refractivity contribution in [3.8, 4) is 0 Å². The van der Waals surface area contributed by atoms with E-state index in [1.807, 2.05) is 0 Å². The third-order valence-corrected chi connectivity index (χ3v) is 10.2. The molecule has 8 heteroatoms. The van der Waals surface area contributed by atoms with E-state index in [2.05, 4.69) is 0 Å². The largest absolute Gasteiger partial charge is 0.350 e. The zero-order valence-corrected chi connectivity index (χ0v) is 14.0. The SMILES string of the molecule is COC1(OC)[C@@]2(Cl)[C@@H]3C(=O)[C@@H]4[C@@H]5C(=O)[C@@H]3[C@@]1(Cl)[C@]5(Cl)[C@]42Cl. The van der Waals surface area contributed by atoms with Gasteiger partial charge in [0.25, 0.3) is 0 Å². The van der Waals surface area contributed by atoms with E-state index in [4.69, 9.17) is 55.9 Å². The molecule has 0 amide bonds. The topological polar surface area (TPSA) is 52.6 Å². The van der Waals surface area contributed by atoms with Gasteiger partial charge in [-0.1, -0.05) is 0 Å². The van der Waals surface area contributed by atoms with Crippen LogP contribution in [0.3, 0.4) is 0 Å². The molecule has 5 aliphatic rings. The highest BCUT2D eigenvalue weighted by Crippen LogP contribution is 2.95. The molecule has 8 atom stereocenters. The fourth-order valence-corrected chi connectivity index (χ4v) is 9.60. The Labute approximate surface area is 140 Å². The second-order valence-corrected chi connectivity index (χ2v) is 8.97. The molecule has 5 fully saturated rings. The van der Waals surface area contributed by atoms with Gasteiger partial charge in [-0.15, -0.1) is 46.4 Å². The molecular weight excluding hydrogens is 362 g/mol. The van der Waals surface area contributed by atoms with Crippen LogP contribution in [-0.2, 0) is 19.1 Å². The Hall–Kier alpha value is 0.420. The van der Waals surface area contributed by atoms with Crippen molar-refractivity contribution in [1.82, 2.24) is 0 Å². The molecule has 0 N–H and O–H groups in total. The van der Waals surface area contributed by atoms with Crippen LogP contribution >= 0.6 is 46.4 Å². The van der Waals surface area contributed by atoms with Crippen molar-refractivity contribution < 1.29 is 19.1 Å². The van der Waals surface area contributed by atoms with Gasteiger partial charge in [-0.05, 0) is 0 Å². The maximum absolute atomic E-state index is 12.7. The van der Waals surface area contributed by atoms with Crippen LogP contribution in [0.15, 0.2) is 0 Å². The molecule has 0 aromatic heterocycles. The Kier molecular flexibility index (Phi) is 1.99. The lowest BCUT2D eigenvalue weighted by molar-refractivity contribution is -0.224. The number of ketones is 2. The average molecular weight is 372 g/mol. The molecule has 5 saturated carbocycles. The van der Waals surface area contributed by atoms with E-state index in [0.717, 1.165) is 0 Å². The van der Waals surface area contributed by atoms with Crippen molar-refractivity contribution >= 4 is 58.0 Å². The smallest absolute Gasteiger partial charge is 0.211 e. The first-order valence-corrected chi connectivity index (χ1v) is 8.13. The van der Waals surface area contributed by atoms with Gasteiger partial charge in [-0.3, -0.25) is 9.59 Å². The standard InChI is InChI=1S/C13H10Cl4O4/c1-20-13(21-2)11(16)5-6-8(19)4-3(7(5)18)9(11,14)10(4,15)12(6,13)17/h3-6H,1-2H3/t3-,4+,5-,6+,9-,10-,11-,12-/m1/s1. The van der Waals surface area contributed by atoms with E-state index in [1.165, 1.54) is 14.2 Å². The summed E-state index contributed by atoms with van der Waals surface area (Å²) in [6, 6.07) is 0. The van der Waals surface area contributed by atoms with Crippen LogP contribution in [0.2, 0.25) is 0 Å². The number of carbonyl (C=O) groups excluding carboxylic acids is 2. The molecule has 114 valence electrons. The summed E-state index contributed by atoms with van der Waals surface area (Å²) in [6.07, 6.45) is 0. The summed E-state index contributed by atoms with van der Waals surface area (Å²) in [4.78, 5) is 19.9. The first kappa shape index (κ1) is 13.8. The number of Topliss-reactive ketones (excluding diaryl/α,β-unsaturated/α-hetero) is 2. The van der Waals surface area contributed by atoms with Crippen LogP contribution in [0.25, 0.3) is 0 Å². The van der Waals surface area contributed by atoms with Crippen LogP contribution in [-0.4, -0.2) is 51.1 Å². The minimum atomic E-state index is -1.58. The quantitative estimate of drug-likeness (QED) is 0.546. The zero-order chi connectivity index (χ0) is 15.4. The number of alkyl halides is 4. The Morgan fingerprint density at radius 2 is 1.00 bits per heavy atom. The number of halogens is 4. The molecule has 0 spiro atoms. The summed E-state index contributed by atoms with van der Waals surface area (Å²) in [5, 5.41) is 0. The zero-order valence-electron chi connectivity index (χ0n) is 11.0. The molecule has 5 rings (SSSR count). The summed E-state index contributed by atoms with van der Waals surface area (Å²) < 4.78 is 11.2. The summed E-state index contributed by atoms with van der Waals surface area (Å²) in [7, 11) is 2.77. The molecule has 0 aliphatic heterocycles. The van der Waals surface area contributed by atoms with Crippen molar-refractivity contribution in [3.63, 3.8) is 0 Å². The number of ether oxygens (including phenoxy) is 2. The molecule has 5 aliphatic carbocycles. The maximum Gasteiger partial charge on any atom is 0.211 e. The summed E-state index contributed by atoms with van der Waals surface area (Å²) in [5.74, 6) is -4.86. The van der Waals surface area contributed by atoms with E-state index in [0.29, 0.717) is 0 Å². The molecule has 0 aromatic rings. The minimum absolute atomic E-state index is 0.135. The predicted octanol–water partition coefficient (Wildman–Crippen LogP) is 1.56. The molecular formula is C13H10Cl4O4. The number of hydrogen-bond donors (Lipinski definition) is 0. The Bertz CT molecular complexity index is 613. The first-order chi connectivity index (χ1) is 9.68. The van der Waals surface area contributed by atoms with E-state index >= 15 is 0 Å². The molecule has 2 bridgehead atoms. The van der Waals surface area contributed by atoms with Crippen molar-refractivity contribution in [2.45, 2.75) is 25.3 Å². The fourth-order valence-electron chi connectivity index (χ4n) is 6.37. The van der Waals surface area contributed by atoms with E-state index in [-0.39, 0.29) is 11.6 Å². The van der Waals surface area contributed by atoms with Gasteiger partial charge in [0, 0.05) is 14.2 Å². The Morgan fingerprint density at radius 1 is 0.714 bits per heavy atom. The van der Waals surface area contributed by atoms with Gasteiger partial charge in [0.2, 0.25) is 5.79 Å². The summed E-state index contributed by atoms with van der Waals surface area (Å²) in [6.45, 7) is 0. The Balaban J connectivity index is 1.99. The first-order valence-electron chi connectivity index (χ1n) is 6.61. The van der Waals surface area contributed by atoms with E-state index < -0.39 is 49.0 Å². The van der Waals surface area contributed by atoms with Crippen molar-refractivity contribution in [2.75, 3.05) is 14.2 Å². The molecule has 21 heavy (non-hydrogen) atoms. The number of fused-ring (bicyclic) bond motifs is 2. The highest BCUT2D eigenvalue weighted by atomic mass is 35.5. The predicted molar refractivity (Wildman–Crippen MR) is 75.1 cm³/mol.